The van der Waals surface area contributed by atoms with E-state index in [2.05, 4.69) is 5.16 Å². The number of ether oxygens (including phenoxy) is 1. The molecule has 2 aliphatic rings. The highest BCUT2D eigenvalue weighted by molar-refractivity contribution is 6.78. The molecule has 112 valence electrons. The third-order valence-electron chi connectivity index (χ3n) is 3.76. The topological polar surface area (TPSA) is 105 Å². The molecule has 0 bridgehead atoms. The first-order chi connectivity index (χ1) is 9.90. The zero-order valence-corrected chi connectivity index (χ0v) is 11.5. The van der Waals surface area contributed by atoms with Crippen LogP contribution >= 0.6 is 0 Å². The Labute approximate surface area is 119 Å². The van der Waals surface area contributed by atoms with Crippen LogP contribution in [0.4, 0.5) is 0 Å². The van der Waals surface area contributed by atoms with Crippen molar-refractivity contribution in [1.82, 2.24) is 5.16 Å². The number of aromatic nitrogens is 1. The van der Waals surface area contributed by atoms with Gasteiger partial charge in [0, 0.05) is 7.05 Å². The average Bonchev–Trinajstić information content (AvgIpc) is 2.99. The molecule has 0 spiro atoms. The highest BCUT2D eigenvalue weighted by atomic mass is 16.7. The highest BCUT2D eigenvalue weighted by Gasteiger charge is 2.69. The number of likely N-dealkylation sites (N-methyl/N-ethyl adjacent to an activating group) is 1. The first kappa shape index (κ1) is 13.6. The second-order valence-corrected chi connectivity index (χ2v) is 5.28. The van der Waals surface area contributed by atoms with E-state index in [4.69, 9.17) is 18.6 Å². The first-order valence-corrected chi connectivity index (χ1v) is 6.46. The molecule has 21 heavy (non-hydrogen) atoms. The maximum Gasteiger partial charge on any atom is 0.651 e. The molecule has 9 nitrogen and oxygen atoms in total. The number of fused-ring (bicyclic) bond motifs is 1. The molecule has 0 unspecified atom stereocenters. The molecule has 1 aromatic rings. The van der Waals surface area contributed by atoms with Gasteiger partial charge in [-0.3, -0.25) is 9.59 Å². The summed E-state index contributed by atoms with van der Waals surface area (Å²) >= 11 is 0. The summed E-state index contributed by atoms with van der Waals surface area (Å²) in [4.78, 5) is 34.9. The molecule has 0 aliphatic carbocycles. The Morgan fingerprint density at radius 1 is 1.38 bits per heavy atom. The van der Waals surface area contributed by atoms with E-state index in [-0.39, 0.29) is 35.4 Å². The van der Waals surface area contributed by atoms with E-state index in [0.717, 1.165) is 0 Å². The van der Waals surface area contributed by atoms with Crippen molar-refractivity contribution in [2.24, 2.45) is 0 Å². The smallest absolute Gasteiger partial charge is 0.594 e. The van der Waals surface area contributed by atoms with E-state index < -0.39 is 24.6 Å². The standard InChI is InChI=1S/C11H13BN2O7/c1-3-18-11(17)7-4-8(21-13-7)12-14(2,5-9(15)19-12)6-10(16)20-12/h4H,3,5-6H2,1-2H3. The second-order valence-electron chi connectivity index (χ2n) is 5.28. The largest absolute Gasteiger partial charge is 0.651 e. The third kappa shape index (κ3) is 1.83. The van der Waals surface area contributed by atoms with Crippen LogP contribution in [-0.2, 0) is 23.6 Å². The lowest BCUT2D eigenvalue weighted by molar-refractivity contribution is -0.791. The van der Waals surface area contributed by atoms with Gasteiger partial charge in [0.05, 0.1) is 6.61 Å². The van der Waals surface area contributed by atoms with Gasteiger partial charge >= 0.3 is 24.6 Å². The van der Waals surface area contributed by atoms with Gasteiger partial charge in [-0.15, -0.1) is 0 Å². The Hall–Kier alpha value is -2.36. The SMILES string of the molecule is CCOC(=O)c1cc([B-]23OC(=O)C[N+]2(C)CC(=O)O3)on1. The predicted molar refractivity (Wildman–Crippen MR) is 65.9 cm³/mol. The maximum absolute atomic E-state index is 11.6. The fourth-order valence-corrected chi connectivity index (χ4v) is 2.78. The summed E-state index contributed by atoms with van der Waals surface area (Å²) in [6, 6.07) is 1.28. The van der Waals surface area contributed by atoms with Gasteiger partial charge in [0.1, 0.15) is 18.7 Å². The Bertz CT molecular complexity index is 620. The maximum atomic E-state index is 11.6. The van der Waals surface area contributed by atoms with Gasteiger partial charge in [-0.05, 0) is 13.0 Å². The molecule has 2 saturated heterocycles. The van der Waals surface area contributed by atoms with E-state index in [1.165, 1.54) is 6.07 Å². The van der Waals surface area contributed by atoms with E-state index in [1.54, 1.807) is 14.0 Å². The summed E-state index contributed by atoms with van der Waals surface area (Å²) in [5, 5.41) is 3.59. The average molecular weight is 296 g/mol. The van der Waals surface area contributed by atoms with Crippen molar-refractivity contribution in [3.05, 3.63) is 11.8 Å². The van der Waals surface area contributed by atoms with Crippen molar-refractivity contribution in [2.45, 2.75) is 6.92 Å². The first-order valence-electron chi connectivity index (χ1n) is 6.46. The molecule has 0 aromatic carbocycles. The predicted octanol–water partition coefficient (Wildman–Crippen LogP) is -1.44. The number of hydrogen-bond donors (Lipinski definition) is 0. The summed E-state index contributed by atoms with van der Waals surface area (Å²) in [7, 11) is 1.66. The molecular formula is C11H13BN2O7. The molecular weight excluding hydrogens is 283 g/mol. The Balaban J connectivity index is 2.00. The molecule has 1 aromatic heterocycles. The molecule has 3 heterocycles. The van der Waals surface area contributed by atoms with Crippen LogP contribution in [0.25, 0.3) is 0 Å². The molecule has 2 aliphatic heterocycles. The van der Waals surface area contributed by atoms with E-state index in [9.17, 15) is 14.4 Å². The lowest BCUT2D eigenvalue weighted by Crippen LogP contribution is -2.67. The molecule has 0 radical (unpaired) electrons. The number of rotatable bonds is 3. The van der Waals surface area contributed by atoms with Crippen molar-refractivity contribution in [3.63, 3.8) is 0 Å². The van der Waals surface area contributed by atoms with Crippen LogP contribution in [0.15, 0.2) is 10.6 Å². The summed E-state index contributed by atoms with van der Waals surface area (Å²) in [5.74, 6) is -1.67. The molecule has 10 heteroatoms. The molecule has 0 N–H and O–H groups in total. The zero-order valence-electron chi connectivity index (χ0n) is 11.5. The number of quaternary nitrogens is 1. The second kappa shape index (κ2) is 4.32. The van der Waals surface area contributed by atoms with Crippen molar-refractivity contribution in [1.29, 1.82) is 0 Å². The molecule has 0 amide bonds. The van der Waals surface area contributed by atoms with Crippen LogP contribution < -0.4 is 5.66 Å². The van der Waals surface area contributed by atoms with Gasteiger partial charge in [-0.1, -0.05) is 5.16 Å². The van der Waals surface area contributed by atoms with Crippen molar-refractivity contribution < 1.29 is 37.3 Å². The third-order valence-corrected chi connectivity index (χ3v) is 3.76. The quantitative estimate of drug-likeness (QED) is 0.493. The summed E-state index contributed by atoms with van der Waals surface area (Å²) in [6.45, 7) is -0.682. The minimum Gasteiger partial charge on any atom is -0.594 e. The van der Waals surface area contributed by atoms with Gasteiger partial charge in [0.2, 0.25) is 0 Å². The van der Waals surface area contributed by atoms with Crippen molar-refractivity contribution in [2.75, 3.05) is 26.7 Å². The van der Waals surface area contributed by atoms with Gasteiger partial charge in [-0.25, -0.2) is 4.79 Å². The Morgan fingerprint density at radius 3 is 2.57 bits per heavy atom. The van der Waals surface area contributed by atoms with Crippen LogP contribution in [0.5, 0.6) is 0 Å². The molecule has 2 fully saturated rings. The number of carbonyl (C=O) groups is 3. The Morgan fingerprint density at radius 2 is 2.00 bits per heavy atom. The van der Waals surface area contributed by atoms with Gasteiger partial charge in [0.15, 0.2) is 5.69 Å². The van der Waals surface area contributed by atoms with E-state index in [1.807, 2.05) is 0 Å². The monoisotopic (exact) mass is 296 g/mol. The highest BCUT2D eigenvalue weighted by Crippen LogP contribution is 2.33. The lowest BCUT2D eigenvalue weighted by atomic mass is 9.65. The number of esters is 1. The molecule has 0 atom stereocenters. The van der Waals surface area contributed by atoms with Crippen LogP contribution in [0, 0.1) is 0 Å². The summed E-state index contributed by atoms with van der Waals surface area (Å²) in [5.41, 5.74) is -0.0298. The zero-order chi connectivity index (χ0) is 15.3. The fourth-order valence-electron chi connectivity index (χ4n) is 2.78. The number of hydrogen-bond acceptors (Lipinski definition) is 8. The minimum atomic E-state index is -2.51. The van der Waals surface area contributed by atoms with Gasteiger partial charge < -0.3 is 23.0 Å². The van der Waals surface area contributed by atoms with Crippen LogP contribution in [0.1, 0.15) is 17.4 Å². The van der Waals surface area contributed by atoms with Crippen molar-refractivity contribution >= 4 is 30.3 Å². The van der Waals surface area contributed by atoms with Crippen LogP contribution in [0.2, 0.25) is 0 Å². The number of nitrogens with zero attached hydrogens (tertiary/aromatic N) is 2. The normalized spacial score (nSPS) is 30.8. The Kier molecular flexibility index (Phi) is 2.80. The van der Waals surface area contributed by atoms with Crippen molar-refractivity contribution in [3.8, 4) is 0 Å². The van der Waals surface area contributed by atoms with E-state index >= 15 is 0 Å². The summed E-state index contributed by atoms with van der Waals surface area (Å²) < 4.78 is 20.3. The lowest BCUT2D eigenvalue weighted by Gasteiger charge is -2.37. The minimum absolute atomic E-state index is 0.0127. The van der Waals surface area contributed by atoms with E-state index in [0.29, 0.717) is 0 Å². The van der Waals surface area contributed by atoms with Gasteiger partial charge in [0.25, 0.3) is 0 Å². The number of carbonyl (C=O) groups excluding carboxylic acids is 3. The fraction of sp³-hybridized carbons (Fsp3) is 0.455. The molecule has 3 rings (SSSR count). The van der Waals surface area contributed by atoms with Crippen LogP contribution in [0.3, 0.4) is 0 Å². The summed E-state index contributed by atoms with van der Waals surface area (Å²) in [6.07, 6.45) is 0. The van der Waals surface area contributed by atoms with Crippen LogP contribution in [-0.4, -0.2) is 60.9 Å². The van der Waals surface area contributed by atoms with Gasteiger partial charge in [-0.2, -0.15) is 0 Å². The molecule has 0 saturated carbocycles.